The number of hydrogen-bond donors (Lipinski definition) is 2. The fourth-order valence-corrected chi connectivity index (χ4v) is 1.30. The molecule has 0 heterocycles. The van der Waals surface area contributed by atoms with Gasteiger partial charge in [-0.25, -0.2) is 0 Å². The molecule has 0 spiro atoms. The molecule has 0 fully saturated rings. The van der Waals surface area contributed by atoms with Crippen molar-refractivity contribution in [3.05, 3.63) is 0 Å². The molecule has 0 aliphatic rings. The minimum Gasteiger partial charge on any atom is -0.388 e. The highest BCUT2D eigenvalue weighted by atomic mass is 14.9. The third-order valence-electron chi connectivity index (χ3n) is 2.75. The monoisotopic (exact) mass is 249 g/mol. The molecule has 0 aliphatic heterocycles. The Kier molecular flexibility index (Phi) is 6.04. The van der Waals surface area contributed by atoms with E-state index in [9.17, 15) is 0 Å². The fraction of sp³-hybridized carbons (Fsp3) is 1.00. The molecule has 2 radical (unpaired) electrons. The van der Waals surface area contributed by atoms with Gasteiger partial charge < -0.3 is 10.3 Å². The van der Waals surface area contributed by atoms with Crippen LogP contribution in [0.5, 0.6) is 0 Å². The Bertz CT molecular complexity index is 251. The van der Waals surface area contributed by atoms with Crippen LogP contribution in [0.15, 0.2) is 0 Å². The van der Waals surface area contributed by atoms with Crippen molar-refractivity contribution in [3.63, 3.8) is 0 Å². The van der Waals surface area contributed by atoms with Crippen LogP contribution in [0.2, 0.25) is 15.9 Å². The van der Waals surface area contributed by atoms with Gasteiger partial charge in [-0.2, -0.15) is 0 Å². The van der Waals surface area contributed by atoms with Crippen LogP contribution in [0, 0.1) is 0 Å². The molecule has 0 saturated heterocycles. The third-order valence-corrected chi connectivity index (χ3v) is 2.75. The van der Waals surface area contributed by atoms with E-state index in [1.54, 1.807) is 0 Å². The van der Waals surface area contributed by atoms with E-state index in [1.807, 2.05) is 0 Å². The molecule has 0 aliphatic carbocycles. The lowest BCUT2D eigenvalue weighted by molar-refractivity contribution is 0.691. The fourth-order valence-electron chi connectivity index (χ4n) is 1.30. The molecule has 6 heteroatoms. The second-order valence-electron chi connectivity index (χ2n) is 8.44. The van der Waals surface area contributed by atoms with Gasteiger partial charge in [-0.15, -0.1) is 0 Å². The van der Waals surface area contributed by atoms with Crippen LogP contribution in [0.25, 0.3) is 0 Å². The quantitative estimate of drug-likeness (QED) is 0.752. The van der Waals surface area contributed by atoms with Gasteiger partial charge in [0.05, 0.1) is 0 Å². The van der Waals surface area contributed by atoms with Crippen LogP contribution in [0.3, 0.4) is 0 Å². The molecule has 3 nitrogen and oxygen atoms in total. The maximum Gasteiger partial charge on any atom is 0.313 e. The zero-order valence-corrected chi connectivity index (χ0v) is 13.7. The van der Waals surface area contributed by atoms with Crippen molar-refractivity contribution >= 4 is 21.4 Å². The standard InChI is InChI=1S/C12H30B3N3/c1-10(2,3)13-17-15(12(7,8)9)18-14(16)11(4,5)6/h16-18H,1-9H3. The van der Waals surface area contributed by atoms with Gasteiger partial charge in [0.25, 0.3) is 6.98 Å². The molecule has 3 N–H and O–H groups in total. The van der Waals surface area contributed by atoms with Crippen LogP contribution < -0.4 is 15.9 Å². The summed E-state index contributed by atoms with van der Waals surface area (Å²) in [6.45, 7) is 19.1. The van der Waals surface area contributed by atoms with E-state index in [0.717, 1.165) is 0 Å². The van der Waals surface area contributed by atoms with Crippen LogP contribution in [-0.2, 0) is 0 Å². The maximum atomic E-state index is 8.20. The first-order valence-corrected chi connectivity index (χ1v) is 6.81. The highest BCUT2D eigenvalue weighted by molar-refractivity contribution is 6.76. The van der Waals surface area contributed by atoms with Gasteiger partial charge in [0.15, 0.2) is 7.41 Å². The molecule has 0 aromatic carbocycles. The van der Waals surface area contributed by atoms with Crippen molar-refractivity contribution in [2.75, 3.05) is 0 Å². The molecule has 0 aromatic heterocycles. The molecular formula is C12H30B3N3. The predicted octanol–water partition coefficient (Wildman–Crippen LogP) is 2.86. The van der Waals surface area contributed by atoms with Gasteiger partial charge in [-0.3, -0.25) is 5.64 Å². The summed E-state index contributed by atoms with van der Waals surface area (Å²) in [6, 6.07) is 0. The second-order valence-corrected chi connectivity index (χ2v) is 8.44. The molecular weight excluding hydrogens is 219 g/mol. The average molecular weight is 249 g/mol. The topological polar surface area (TPSA) is 47.9 Å². The van der Waals surface area contributed by atoms with Gasteiger partial charge in [0.2, 0.25) is 0 Å². The Morgan fingerprint density at radius 1 is 0.833 bits per heavy atom. The van der Waals surface area contributed by atoms with Gasteiger partial charge in [-0.05, 0) is 15.9 Å². The minimum atomic E-state index is -0.289. The molecule has 0 atom stereocenters. The van der Waals surface area contributed by atoms with Crippen LogP contribution >= 0.6 is 0 Å². The van der Waals surface area contributed by atoms with Crippen LogP contribution in [-0.4, -0.2) is 21.4 Å². The zero-order valence-electron chi connectivity index (χ0n) is 13.7. The summed E-state index contributed by atoms with van der Waals surface area (Å²) in [5.74, 6) is 0. The molecule has 0 saturated carbocycles. The Balaban J connectivity index is 4.63. The van der Waals surface area contributed by atoms with E-state index in [0.29, 0.717) is 0 Å². The first-order chi connectivity index (χ1) is 7.73. The Labute approximate surface area is 116 Å². The van der Waals surface area contributed by atoms with Gasteiger partial charge >= 0.3 is 6.98 Å². The van der Waals surface area contributed by atoms with E-state index < -0.39 is 0 Å². The highest BCUT2D eigenvalue weighted by Gasteiger charge is 2.37. The lowest BCUT2D eigenvalue weighted by Crippen LogP contribution is -2.62. The van der Waals surface area contributed by atoms with E-state index in [2.05, 4.69) is 80.0 Å². The first kappa shape index (κ1) is 18.1. The normalized spacial score (nSPS) is 13.4. The lowest BCUT2D eigenvalue weighted by Gasteiger charge is -2.35. The molecule has 0 bridgehead atoms. The largest absolute Gasteiger partial charge is 0.388 e. The number of hydrogen-bond acceptors (Lipinski definition) is 2. The Morgan fingerprint density at radius 3 is 1.56 bits per heavy atom. The smallest absolute Gasteiger partial charge is 0.313 e. The Hall–Kier alpha value is 0.0748. The van der Waals surface area contributed by atoms with Gasteiger partial charge in [0, 0.05) is 0 Å². The SMILES string of the molecule is CC(C)(C)[B]NB(NB([NH])C(C)(C)C)C(C)(C)C. The van der Waals surface area contributed by atoms with Gasteiger partial charge in [0.1, 0.15) is 0 Å². The van der Waals surface area contributed by atoms with Crippen LogP contribution in [0.4, 0.5) is 0 Å². The maximum absolute atomic E-state index is 8.20. The third kappa shape index (κ3) is 7.50. The van der Waals surface area contributed by atoms with Crippen molar-refractivity contribution in [1.29, 1.82) is 0 Å². The van der Waals surface area contributed by atoms with Crippen molar-refractivity contribution in [3.8, 4) is 0 Å². The predicted molar refractivity (Wildman–Crippen MR) is 85.8 cm³/mol. The summed E-state index contributed by atoms with van der Waals surface area (Å²) in [4.78, 5) is 0. The van der Waals surface area contributed by atoms with E-state index in [1.165, 1.54) is 0 Å². The molecule has 102 valence electrons. The summed E-state index contributed by atoms with van der Waals surface area (Å²) in [5.41, 5.74) is 8.20. The molecule has 18 heavy (non-hydrogen) atoms. The average Bonchev–Trinajstić information content (AvgIpc) is 2.06. The second kappa shape index (κ2) is 6.02. The Morgan fingerprint density at radius 2 is 1.28 bits per heavy atom. The van der Waals surface area contributed by atoms with E-state index >= 15 is 0 Å². The van der Waals surface area contributed by atoms with Crippen LogP contribution in [0.1, 0.15) is 62.3 Å². The van der Waals surface area contributed by atoms with Crippen molar-refractivity contribution in [2.45, 2.75) is 78.3 Å². The lowest BCUT2D eigenvalue weighted by atomic mass is 9.41. The summed E-state index contributed by atoms with van der Waals surface area (Å²) in [7, 11) is 2.12. The van der Waals surface area contributed by atoms with Crippen molar-refractivity contribution in [1.82, 2.24) is 15.9 Å². The van der Waals surface area contributed by atoms with Gasteiger partial charge in [-0.1, -0.05) is 62.3 Å². The van der Waals surface area contributed by atoms with E-state index in [-0.39, 0.29) is 29.9 Å². The molecule has 0 aromatic rings. The molecule has 0 rings (SSSR count). The first-order valence-electron chi connectivity index (χ1n) is 6.81. The van der Waals surface area contributed by atoms with Crippen molar-refractivity contribution < 1.29 is 0 Å². The summed E-state index contributed by atoms with van der Waals surface area (Å²) >= 11 is 0. The summed E-state index contributed by atoms with van der Waals surface area (Å²) in [5, 5.41) is 6.97. The number of nitrogens with one attached hydrogen (secondary N) is 3. The van der Waals surface area contributed by atoms with E-state index in [4.69, 9.17) is 5.64 Å². The molecule has 0 unspecified atom stereocenters. The zero-order chi connectivity index (χ0) is 14.8. The summed E-state index contributed by atoms with van der Waals surface area (Å²) < 4.78 is 0. The summed E-state index contributed by atoms with van der Waals surface area (Å²) in [6.07, 6.45) is 0. The number of rotatable bonds is 4. The minimum absolute atomic E-state index is 0.0618. The van der Waals surface area contributed by atoms with Crippen molar-refractivity contribution in [2.24, 2.45) is 0 Å². The molecule has 0 amide bonds. The highest BCUT2D eigenvalue weighted by Crippen LogP contribution is 2.28.